The number of hydrogen-bond acceptors (Lipinski definition) is 6. The van der Waals surface area contributed by atoms with Gasteiger partial charge in [0.1, 0.15) is 5.82 Å². The van der Waals surface area contributed by atoms with Crippen molar-refractivity contribution < 1.29 is 22.7 Å². The number of carbonyl (C=O) groups is 1. The number of nitrogens with zero attached hydrogens (tertiary/aromatic N) is 5. The Labute approximate surface area is 219 Å². The first-order chi connectivity index (χ1) is 18.1. The molecule has 4 heterocycles. The van der Waals surface area contributed by atoms with E-state index in [-0.39, 0.29) is 30.5 Å². The zero-order valence-corrected chi connectivity index (χ0v) is 21.9. The number of hydrogen-bond donors (Lipinski definition) is 1. The van der Waals surface area contributed by atoms with E-state index >= 15 is 0 Å². The quantitative estimate of drug-likeness (QED) is 0.526. The fourth-order valence-electron chi connectivity index (χ4n) is 5.40. The molecule has 0 spiro atoms. The highest BCUT2D eigenvalue weighted by Crippen LogP contribution is 2.34. The van der Waals surface area contributed by atoms with Crippen LogP contribution >= 0.6 is 0 Å². The molecule has 1 atom stereocenters. The van der Waals surface area contributed by atoms with E-state index in [1.165, 1.54) is 13.0 Å². The Balaban J connectivity index is 1.54. The molecule has 0 aliphatic carbocycles. The topological polar surface area (TPSA) is 75.0 Å². The molecule has 0 radical (unpaired) electrons. The molecule has 0 saturated carbocycles. The number of aromatic nitrogens is 3. The highest BCUT2D eigenvalue weighted by molar-refractivity contribution is 5.82. The first-order valence-corrected chi connectivity index (χ1v) is 13.0. The largest absolute Gasteiger partial charge is 0.416 e. The summed E-state index contributed by atoms with van der Waals surface area (Å²) in [6.07, 6.45) is -2.48. The van der Waals surface area contributed by atoms with Gasteiger partial charge in [0.2, 0.25) is 5.91 Å². The molecule has 0 bridgehead atoms. The second-order valence-electron chi connectivity index (χ2n) is 10.1. The minimum atomic E-state index is -4.44. The molecule has 2 aliphatic heterocycles. The van der Waals surface area contributed by atoms with E-state index in [2.05, 4.69) is 10.2 Å². The molecular formula is C27H33F3N6O2. The molecule has 11 heteroatoms. The lowest BCUT2D eigenvalue weighted by atomic mass is 9.98. The lowest BCUT2D eigenvalue weighted by Gasteiger charge is -2.28. The van der Waals surface area contributed by atoms with Crippen LogP contribution in [0.25, 0.3) is 5.65 Å². The van der Waals surface area contributed by atoms with Crippen LogP contribution in [-0.2, 0) is 28.7 Å². The van der Waals surface area contributed by atoms with Gasteiger partial charge in [-0.1, -0.05) is 12.1 Å². The van der Waals surface area contributed by atoms with Crippen LogP contribution in [0, 0.1) is 13.8 Å². The number of aryl methyl sites for hydroxylation is 1. The summed E-state index contributed by atoms with van der Waals surface area (Å²) < 4.78 is 48.1. The van der Waals surface area contributed by atoms with E-state index in [0.29, 0.717) is 48.9 Å². The molecule has 2 saturated heterocycles. The van der Waals surface area contributed by atoms with Crippen molar-refractivity contribution in [2.75, 3.05) is 44.8 Å². The number of benzene rings is 1. The number of imidazole rings is 1. The number of alkyl halides is 3. The number of carbonyl (C=O) groups excluding carboxylic acids is 1. The van der Waals surface area contributed by atoms with Gasteiger partial charge in [-0.3, -0.25) is 9.69 Å². The lowest BCUT2D eigenvalue weighted by molar-refractivity contribution is -0.138. The highest BCUT2D eigenvalue weighted by Gasteiger charge is 2.33. The summed E-state index contributed by atoms with van der Waals surface area (Å²) in [6.45, 7) is 7.10. The maximum atomic E-state index is 13.6. The van der Waals surface area contributed by atoms with Crippen LogP contribution < -0.4 is 10.2 Å². The van der Waals surface area contributed by atoms with Gasteiger partial charge < -0.3 is 15.0 Å². The van der Waals surface area contributed by atoms with Crippen LogP contribution in [0.2, 0.25) is 0 Å². The van der Waals surface area contributed by atoms with Gasteiger partial charge in [-0.2, -0.15) is 13.2 Å². The summed E-state index contributed by atoms with van der Waals surface area (Å²) in [5.41, 5.74) is 2.87. The zero-order valence-electron chi connectivity index (χ0n) is 21.9. The minimum Gasteiger partial charge on any atom is -0.378 e. The van der Waals surface area contributed by atoms with Crippen LogP contribution in [0.4, 0.5) is 19.0 Å². The Hall–Kier alpha value is -3.18. The third-order valence-corrected chi connectivity index (χ3v) is 7.63. The Kier molecular flexibility index (Phi) is 7.32. The van der Waals surface area contributed by atoms with Crippen molar-refractivity contribution in [1.82, 2.24) is 24.8 Å². The average Bonchev–Trinajstić information content (AvgIpc) is 3.47. The van der Waals surface area contributed by atoms with Crippen molar-refractivity contribution in [2.45, 2.75) is 51.9 Å². The van der Waals surface area contributed by atoms with Gasteiger partial charge in [-0.15, -0.1) is 5.10 Å². The van der Waals surface area contributed by atoms with E-state index in [4.69, 9.17) is 14.8 Å². The molecule has 0 unspecified atom stereocenters. The number of fused-ring (bicyclic) bond motifs is 1. The minimum absolute atomic E-state index is 0.0676. The summed E-state index contributed by atoms with van der Waals surface area (Å²) >= 11 is 0. The van der Waals surface area contributed by atoms with Crippen LogP contribution in [-0.4, -0.2) is 71.3 Å². The molecule has 1 amide bonds. The van der Waals surface area contributed by atoms with Crippen molar-refractivity contribution in [3.05, 3.63) is 57.9 Å². The lowest BCUT2D eigenvalue weighted by Crippen LogP contribution is -2.41. The predicted octanol–water partition coefficient (Wildman–Crippen LogP) is 3.50. The molecule has 1 N–H and O–H groups in total. The fourth-order valence-corrected chi connectivity index (χ4v) is 5.40. The maximum absolute atomic E-state index is 13.6. The summed E-state index contributed by atoms with van der Waals surface area (Å²) in [4.78, 5) is 21.9. The number of rotatable bonds is 6. The van der Waals surface area contributed by atoms with Crippen molar-refractivity contribution in [1.29, 1.82) is 0 Å². The molecule has 2 aliphatic rings. The molecule has 1 aromatic carbocycles. The highest BCUT2D eigenvalue weighted by atomic mass is 19.4. The molecule has 2 fully saturated rings. The second kappa shape index (κ2) is 10.5. The standard InChI is InChI=1S/C27H33F3N6O2/c1-17-14-24(35-10-12-38-13-11-35)33-36-23(15-19-6-4-7-20(18(19)2)27(28,29)30)21(32-25(17)36)16-31-26(37)22-8-5-9-34(22)3/h4,6-7,14,22H,5,8-13,15-16H2,1-3H3,(H,31,37)/t22-/m0/s1. The number of ether oxygens (including phenoxy) is 1. The summed E-state index contributed by atoms with van der Waals surface area (Å²) in [7, 11) is 1.93. The van der Waals surface area contributed by atoms with Crippen molar-refractivity contribution in [3.63, 3.8) is 0 Å². The van der Waals surface area contributed by atoms with E-state index in [1.54, 1.807) is 10.6 Å². The van der Waals surface area contributed by atoms with E-state index in [0.717, 1.165) is 36.8 Å². The first kappa shape index (κ1) is 26.4. The maximum Gasteiger partial charge on any atom is 0.416 e. The van der Waals surface area contributed by atoms with Gasteiger partial charge in [0.25, 0.3) is 0 Å². The summed E-state index contributed by atoms with van der Waals surface area (Å²) in [5, 5.41) is 7.89. The van der Waals surface area contributed by atoms with Crippen molar-refractivity contribution in [3.8, 4) is 0 Å². The Morgan fingerprint density at radius 2 is 1.95 bits per heavy atom. The van der Waals surface area contributed by atoms with Crippen LogP contribution in [0.3, 0.4) is 0 Å². The smallest absolute Gasteiger partial charge is 0.378 e. The molecule has 38 heavy (non-hydrogen) atoms. The van der Waals surface area contributed by atoms with Gasteiger partial charge in [-0.25, -0.2) is 9.50 Å². The number of likely N-dealkylation sites (N-methyl/N-ethyl adjacent to an activating group) is 1. The van der Waals surface area contributed by atoms with Crippen LogP contribution in [0.1, 0.15) is 46.5 Å². The van der Waals surface area contributed by atoms with Crippen molar-refractivity contribution in [2.24, 2.45) is 0 Å². The third-order valence-electron chi connectivity index (χ3n) is 7.63. The third kappa shape index (κ3) is 5.22. The van der Waals surface area contributed by atoms with E-state index in [1.807, 2.05) is 24.9 Å². The number of amides is 1. The normalized spacial score (nSPS) is 18.9. The fraction of sp³-hybridized carbons (Fsp3) is 0.519. The number of morpholine rings is 1. The summed E-state index contributed by atoms with van der Waals surface area (Å²) in [5.74, 6) is 0.697. The first-order valence-electron chi connectivity index (χ1n) is 13.0. The molecule has 204 valence electrons. The predicted molar refractivity (Wildman–Crippen MR) is 137 cm³/mol. The van der Waals surface area contributed by atoms with Crippen LogP contribution in [0.15, 0.2) is 24.3 Å². The van der Waals surface area contributed by atoms with E-state index in [9.17, 15) is 18.0 Å². The zero-order chi connectivity index (χ0) is 27.0. The van der Waals surface area contributed by atoms with Gasteiger partial charge in [-0.05, 0) is 69.1 Å². The van der Waals surface area contributed by atoms with Crippen LogP contribution in [0.5, 0.6) is 0 Å². The molecule has 8 nitrogen and oxygen atoms in total. The Bertz CT molecular complexity index is 1330. The second-order valence-corrected chi connectivity index (χ2v) is 10.1. The SMILES string of the molecule is Cc1c(Cc2c(CNC(=O)[C@@H]3CCCN3C)nc3c(C)cc(N4CCOCC4)nn23)cccc1C(F)(F)F. The van der Waals surface area contributed by atoms with Gasteiger partial charge in [0.05, 0.1) is 42.8 Å². The molecule has 5 rings (SSSR count). The monoisotopic (exact) mass is 530 g/mol. The Morgan fingerprint density at radius 1 is 1.18 bits per heavy atom. The van der Waals surface area contributed by atoms with E-state index < -0.39 is 11.7 Å². The number of halogens is 3. The summed E-state index contributed by atoms with van der Waals surface area (Å²) in [6, 6.07) is 6.03. The molecule has 2 aromatic heterocycles. The number of anilines is 1. The Morgan fingerprint density at radius 3 is 2.63 bits per heavy atom. The average molecular weight is 531 g/mol. The van der Waals surface area contributed by atoms with Gasteiger partial charge in [0.15, 0.2) is 5.65 Å². The number of nitrogens with one attached hydrogen (secondary N) is 1. The number of likely N-dealkylation sites (tertiary alicyclic amines) is 1. The van der Waals surface area contributed by atoms with Gasteiger partial charge >= 0.3 is 6.18 Å². The van der Waals surface area contributed by atoms with Gasteiger partial charge in [0, 0.05) is 19.5 Å². The molecular weight excluding hydrogens is 497 g/mol. The molecule has 3 aromatic rings. The van der Waals surface area contributed by atoms with Crippen molar-refractivity contribution >= 4 is 17.4 Å².